The molecule has 0 saturated heterocycles. The molecule has 0 aromatic heterocycles. The first kappa shape index (κ1) is 22.0. The van der Waals surface area contributed by atoms with Crippen molar-refractivity contribution >= 4 is 0 Å². The first-order valence-corrected chi connectivity index (χ1v) is 11.2. The Kier molecular flexibility index (Phi) is 6.84. The van der Waals surface area contributed by atoms with Gasteiger partial charge in [0, 0.05) is 25.7 Å². The average Bonchev–Trinajstić information content (AvgIpc) is 2.81. The van der Waals surface area contributed by atoms with Crippen LogP contribution in [-0.2, 0) is 25.7 Å². The second-order valence-electron chi connectivity index (χ2n) is 8.71. The van der Waals surface area contributed by atoms with Crippen molar-refractivity contribution in [2.45, 2.75) is 36.9 Å². The molecule has 32 heavy (non-hydrogen) atoms. The van der Waals surface area contributed by atoms with Crippen LogP contribution in [0.4, 0.5) is 0 Å². The fourth-order valence-corrected chi connectivity index (χ4v) is 4.52. The third-order valence-corrected chi connectivity index (χ3v) is 6.22. The lowest BCUT2D eigenvalue weighted by molar-refractivity contribution is -0.151. The summed E-state index contributed by atoms with van der Waals surface area (Å²) >= 11 is 0. The quantitative estimate of drug-likeness (QED) is 0.378. The summed E-state index contributed by atoms with van der Waals surface area (Å²) in [5, 5.41) is 24.6. The summed E-state index contributed by atoms with van der Waals surface area (Å²) in [4.78, 5) is 0. The zero-order valence-electron chi connectivity index (χ0n) is 18.3. The van der Waals surface area contributed by atoms with Crippen LogP contribution < -0.4 is 0 Å². The summed E-state index contributed by atoms with van der Waals surface area (Å²) in [7, 11) is 0. The van der Waals surface area contributed by atoms with Crippen molar-refractivity contribution in [3.05, 3.63) is 144 Å². The maximum absolute atomic E-state index is 12.3. The molecule has 4 aromatic carbocycles. The Balaban J connectivity index is 1.78. The van der Waals surface area contributed by atoms with E-state index in [1.807, 2.05) is 121 Å². The van der Waals surface area contributed by atoms with Gasteiger partial charge in [-0.1, -0.05) is 121 Å². The molecule has 2 nitrogen and oxygen atoms in total. The molecule has 0 unspecified atom stereocenters. The molecule has 0 amide bonds. The average molecular weight is 423 g/mol. The Morgan fingerprint density at radius 3 is 0.719 bits per heavy atom. The third-order valence-electron chi connectivity index (χ3n) is 6.22. The summed E-state index contributed by atoms with van der Waals surface area (Å²) in [5.41, 5.74) is 1.27. The second-order valence-corrected chi connectivity index (χ2v) is 8.71. The van der Waals surface area contributed by atoms with Gasteiger partial charge < -0.3 is 10.2 Å². The maximum atomic E-state index is 12.3. The van der Waals surface area contributed by atoms with Gasteiger partial charge in [0.1, 0.15) is 11.2 Å². The molecule has 2 N–H and O–H groups in total. The number of hydrogen-bond acceptors (Lipinski definition) is 2. The molecule has 0 bridgehead atoms. The van der Waals surface area contributed by atoms with Crippen molar-refractivity contribution in [3.8, 4) is 0 Å². The van der Waals surface area contributed by atoms with Gasteiger partial charge in [0.25, 0.3) is 0 Å². The van der Waals surface area contributed by atoms with E-state index in [4.69, 9.17) is 0 Å². The lowest BCUT2D eigenvalue weighted by atomic mass is 9.69. The zero-order chi connectivity index (χ0) is 22.3. The van der Waals surface area contributed by atoms with E-state index in [0.717, 1.165) is 22.3 Å². The number of rotatable bonds is 9. The van der Waals surface area contributed by atoms with Crippen molar-refractivity contribution < 1.29 is 10.2 Å². The molecule has 0 aliphatic carbocycles. The summed E-state index contributed by atoms with van der Waals surface area (Å²) in [6.07, 6.45) is 1.44. The van der Waals surface area contributed by atoms with Crippen LogP contribution in [0.15, 0.2) is 121 Å². The van der Waals surface area contributed by atoms with E-state index in [0.29, 0.717) is 25.7 Å². The minimum absolute atomic E-state index is 0.360. The van der Waals surface area contributed by atoms with E-state index >= 15 is 0 Å². The van der Waals surface area contributed by atoms with Crippen LogP contribution in [-0.4, -0.2) is 21.4 Å². The van der Waals surface area contributed by atoms with E-state index in [1.54, 1.807) is 0 Å². The second kappa shape index (κ2) is 9.95. The van der Waals surface area contributed by atoms with Crippen LogP contribution in [0.3, 0.4) is 0 Å². The molecule has 0 spiro atoms. The van der Waals surface area contributed by atoms with E-state index in [9.17, 15) is 10.2 Å². The largest absolute Gasteiger partial charge is 0.386 e. The molecular formula is C30H30O2. The molecule has 0 aliphatic heterocycles. The monoisotopic (exact) mass is 422 g/mol. The predicted octanol–water partition coefficient (Wildman–Crippen LogP) is 5.42. The lowest BCUT2D eigenvalue weighted by Crippen LogP contribution is -2.59. The first-order valence-electron chi connectivity index (χ1n) is 11.2. The molecule has 162 valence electrons. The van der Waals surface area contributed by atoms with Gasteiger partial charge in [-0.15, -0.1) is 0 Å². The van der Waals surface area contributed by atoms with Gasteiger partial charge in [0.05, 0.1) is 0 Å². The molecule has 4 rings (SSSR count). The van der Waals surface area contributed by atoms with Gasteiger partial charge in [-0.25, -0.2) is 0 Å². The molecule has 0 atom stereocenters. The summed E-state index contributed by atoms with van der Waals surface area (Å²) in [6.45, 7) is 0. The van der Waals surface area contributed by atoms with Crippen LogP contribution >= 0.6 is 0 Å². The van der Waals surface area contributed by atoms with Gasteiger partial charge in [-0.2, -0.15) is 0 Å². The molecule has 0 heterocycles. The van der Waals surface area contributed by atoms with Gasteiger partial charge in [-0.3, -0.25) is 0 Å². The predicted molar refractivity (Wildman–Crippen MR) is 130 cm³/mol. The molecule has 2 heteroatoms. The highest BCUT2D eigenvalue weighted by Gasteiger charge is 2.49. The molecule has 0 saturated carbocycles. The van der Waals surface area contributed by atoms with Crippen LogP contribution in [0.25, 0.3) is 0 Å². The highest BCUT2D eigenvalue weighted by molar-refractivity contribution is 5.29. The van der Waals surface area contributed by atoms with Crippen LogP contribution in [0.5, 0.6) is 0 Å². The van der Waals surface area contributed by atoms with Crippen molar-refractivity contribution in [1.82, 2.24) is 0 Å². The maximum Gasteiger partial charge on any atom is 0.102 e. The fourth-order valence-electron chi connectivity index (χ4n) is 4.52. The van der Waals surface area contributed by atoms with E-state index < -0.39 is 11.2 Å². The summed E-state index contributed by atoms with van der Waals surface area (Å²) in [6, 6.07) is 39.8. The van der Waals surface area contributed by atoms with E-state index in [-0.39, 0.29) is 0 Å². The molecule has 4 aromatic rings. The topological polar surface area (TPSA) is 40.5 Å². The molecule has 0 aliphatic rings. The minimum Gasteiger partial charge on any atom is -0.386 e. The number of hydrogen-bond donors (Lipinski definition) is 2. The van der Waals surface area contributed by atoms with Gasteiger partial charge in [-0.05, 0) is 22.3 Å². The highest BCUT2D eigenvalue weighted by atomic mass is 16.4. The van der Waals surface area contributed by atoms with Gasteiger partial charge >= 0.3 is 0 Å². The Labute approximate surface area is 190 Å². The number of aliphatic hydroxyl groups is 2. The van der Waals surface area contributed by atoms with Crippen molar-refractivity contribution in [2.75, 3.05) is 0 Å². The summed E-state index contributed by atoms with van der Waals surface area (Å²) in [5.74, 6) is 0. The van der Waals surface area contributed by atoms with Crippen LogP contribution in [0.1, 0.15) is 22.3 Å². The van der Waals surface area contributed by atoms with Crippen molar-refractivity contribution in [3.63, 3.8) is 0 Å². The Morgan fingerprint density at radius 1 is 0.344 bits per heavy atom. The van der Waals surface area contributed by atoms with Crippen molar-refractivity contribution in [2.24, 2.45) is 0 Å². The normalized spacial score (nSPS) is 11.9. The Morgan fingerprint density at radius 2 is 0.531 bits per heavy atom. The third kappa shape index (κ3) is 5.34. The van der Waals surface area contributed by atoms with Crippen LogP contribution in [0, 0.1) is 0 Å². The highest BCUT2D eigenvalue weighted by Crippen LogP contribution is 2.36. The lowest BCUT2D eigenvalue weighted by Gasteiger charge is -2.45. The van der Waals surface area contributed by atoms with Crippen LogP contribution in [0.2, 0.25) is 0 Å². The Bertz CT molecular complexity index is 903. The van der Waals surface area contributed by atoms with Crippen molar-refractivity contribution in [1.29, 1.82) is 0 Å². The smallest absolute Gasteiger partial charge is 0.102 e. The molecule has 0 radical (unpaired) electrons. The fraction of sp³-hybridized carbons (Fsp3) is 0.200. The SMILES string of the molecule is OC(Cc1ccccc1)(Cc1ccccc1)C(O)(Cc1ccccc1)Cc1ccccc1. The Hall–Kier alpha value is -3.20. The summed E-state index contributed by atoms with van der Waals surface area (Å²) < 4.78 is 0. The van der Waals surface area contributed by atoms with E-state index in [1.165, 1.54) is 0 Å². The number of benzene rings is 4. The van der Waals surface area contributed by atoms with Gasteiger partial charge in [0.2, 0.25) is 0 Å². The molecule has 0 fully saturated rings. The molecular weight excluding hydrogens is 392 g/mol. The standard InChI is InChI=1S/C30H30O2/c31-29(21-25-13-5-1-6-14-25,22-26-15-7-2-8-16-26)30(32,23-27-17-9-3-10-18-27)24-28-19-11-4-12-20-28/h1-20,31-32H,21-24H2. The first-order chi connectivity index (χ1) is 15.6. The minimum atomic E-state index is -1.37. The zero-order valence-corrected chi connectivity index (χ0v) is 18.3. The van der Waals surface area contributed by atoms with Gasteiger partial charge in [0.15, 0.2) is 0 Å². The van der Waals surface area contributed by atoms with E-state index in [2.05, 4.69) is 0 Å².